The SMILES string of the molecule is Cc1cc(C(C)NC(C)c2cc(C)sc2C)c(C)s1. The number of hydrogen-bond acceptors (Lipinski definition) is 3. The first-order valence-electron chi connectivity index (χ1n) is 6.78. The summed E-state index contributed by atoms with van der Waals surface area (Å²) in [5, 5.41) is 3.73. The fourth-order valence-electron chi connectivity index (χ4n) is 2.72. The first kappa shape index (κ1) is 14.8. The van der Waals surface area contributed by atoms with Crippen LogP contribution in [0.2, 0.25) is 0 Å². The molecule has 2 unspecified atom stereocenters. The van der Waals surface area contributed by atoms with Gasteiger partial charge < -0.3 is 5.32 Å². The highest BCUT2D eigenvalue weighted by atomic mass is 32.1. The van der Waals surface area contributed by atoms with Crippen molar-refractivity contribution in [2.45, 2.75) is 53.6 Å². The molecule has 0 spiro atoms. The topological polar surface area (TPSA) is 12.0 Å². The van der Waals surface area contributed by atoms with Gasteiger partial charge in [-0.3, -0.25) is 0 Å². The number of aryl methyl sites for hydroxylation is 4. The van der Waals surface area contributed by atoms with Crippen molar-refractivity contribution in [2.24, 2.45) is 0 Å². The predicted octanol–water partition coefficient (Wildman–Crippen LogP) is 5.46. The molecule has 0 aromatic carbocycles. The van der Waals surface area contributed by atoms with Crippen LogP contribution in [-0.2, 0) is 0 Å². The van der Waals surface area contributed by atoms with Gasteiger partial charge in [0.2, 0.25) is 0 Å². The summed E-state index contributed by atoms with van der Waals surface area (Å²) in [5.41, 5.74) is 2.89. The molecule has 2 atom stereocenters. The molecule has 104 valence electrons. The molecule has 2 aromatic rings. The van der Waals surface area contributed by atoms with Crippen LogP contribution in [-0.4, -0.2) is 0 Å². The van der Waals surface area contributed by atoms with Crippen LogP contribution >= 0.6 is 22.7 Å². The highest BCUT2D eigenvalue weighted by molar-refractivity contribution is 7.12. The molecule has 3 heteroatoms. The zero-order valence-electron chi connectivity index (χ0n) is 12.6. The van der Waals surface area contributed by atoms with E-state index in [0.717, 1.165) is 0 Å². The molecule has 0 saturated carbocycles. The summed E-state index contributed by atoms with van der Waals surface area (Å²) in [4.78, 5) is 5.67. The minimum atomic E-state index is 0.402. The smallest absolute Gasteiger partial charge is 0.0308 e. The Morgan fingerprint density at radius 2 is 1.16 bits per heavy atom. The van der Waals surface area contributed by atoms with E-state index in [1.54, 1.807) is 0 Å². The van der Waals surface area contributed by atoms with Crippen molar-refractivity contribution >= 4 is 22.7 Å². The van der Waals surface area contributed by atoms with Gasteiger partial charge in [-0.05, 0) is 64.8 Å². The third kappa shape index (κ3) is 3.28. The maximum Gasteiger partial charge on any atom is 0.0308 e. The van der Waals surface area contributed by atoms with Gasteiger partial charge in [0.1, 0.15) is 0 Å². The van der Waals surface area contributed by atoms with Gasteiger partial charge in [0.25, 0.3) is 0 Å². The molecule has 19 heavy (non-hydrogen) atoms. The summed E-state index contributed by atoms with van der Waals surface area (Å²) >= 11 is 3.78. The van der Waals surface area contributed by atoms with E-state index in [0.29, 0.717) is 12.1 Å². The Balaban J connectivity index is 2.12. The Bertz CT molecular complexity index is 515. The Kier molecular flexibility index (Phi) is 4.49. The van der Waals surface area contributed by atoms with Crippen molar-refractivity contribution in [2.75, 3.05) is 0 Å². The summed E-state index contributed by atoms with van der Waals surface area (Å²) in [6.45, 7) is 13.3. The van der Waals surface area contributed by atoms with Gasteiger partial charge in [0, 0.05) is 31.6 Å². The highest BCUT2D eigenvalue weighted by Crippen LogP contribution is 2.30. The van der Waals surface area contributed by atoms with Crippen molar-refractivity contribution in [1.82, 2.24) is 5.32 Å². The molecule has 0 aliphatic rings. The third-order valence-electron chi connectivity index (χ3n) is 3.59. The number of thiophene rings is 2. The molecule has 0 amide bonds. The summed E-state index contributed by atoms with van der Waals surface area (Å²) in [7, 11) is 0. The Morgan fingerprint density at radius 1 is 0.789 bits per heavy atom. The lowest BCUT2D eigenvalue weighted by atomic mass is 10.1. The molecule has 0 bridgehead atoms. The lowest BCUT2D eigenvalue weighted by molar-refractivity contribution is 0.494. The zero-order chi connectivity index (χ0) is 14.2. The van der Waals surface area contributed by atoms with Gasteiger partial charge in [0.05, 0.1) is 0 Å². The summed E-state index contributed by atoms with van der Waals surface area (Å²) in [5.74, 6) is 0. The van der Waals surface area contributed by atoms with Crippen molar-refractivity contribution in [1.29, 1.82) is 0 Å². The van der Waals surface area contributed by atoms with Crippen LogP contribution in [0, 0.1) is 27.7 Å². The van der Waals surface area contributed by atoms with Crippen molar-refractivity contribution in [3.05, 3.63) is 42.8 Å². The van der Waals surface area contributed by atoms with E-state index in [9.17, 15) is 0 Å². The first-order valence-corrected chi connectivity index (χ1v) is 8.41. The van der Waals surface area contributed by atoms with E-state index in [1.807, 2.05) is 22.7 Å². The van der Waals surface area contributed by atoms with Gasteiger partial charge in [0.15, 0.2) is 0 Å². The molecule has 1 nitrogen and oxygen atoms in total. The summed E-state index contributed by atoms with van der Waals surface area (Å²) in [6.07, 6.45) is 0. The van der Waals surface area contributed by atoms with E-state index in [1.165, 1.54) is 30.6 Å². The largest absolute Gasteiger partial charge is 0.304 e. The Labute approximate surface area is 124 Å². The third-order valence-corrected chi connectivity index (χ3v) is 5.56. The van der Waals surface area contributed by atoms with Crippen LogP contribution in [0.25, 0.3) is 0 Å². The van der Waals surface area contributed by atoms with Gasteiger partial charge in [-0.25, -0.2) is 0 Å². The second kappa shape index (κ2) is 5.78. The van der Waals surface area contributed by atoms with Gasteiger partial charge >= 0.3 is 0 Å². The lowest BCUT2D eigenvalue weighted by Gasteiger charge is -2.20. The zero-order valence-corrected chi connectivity index (χ0v) is 14.3. The van der Waals surface area contributed by atoms with E-state index in [-0.39, 0.29) is 0 Å². The van der Waals surface area contributed by atoms with Gasteiger partial charge in [-0.2, -0.15) is 0 Å². The molecule has 0 radical (unpaired) electrons. The second-order valence-electron chi connectivity index (χ2n) is 5.35. The van der Waals surface area contributed by atoms with E-state index >= 15 is 0 Å². The van der Waals surface area contributed by atoms with Crippen molar-refractivity contribution in [3.63, 3.8) is 0 Å². The average Bonchev–Trinajstić information content (AvgIpc) is 2.81. The maximum atomic E-state index is 3.73. The van der Waals surface area contributed by atoms with E-state index in [4.69, 9.17) is 0 Å². The molecule has 0 fully saturated rings. The second-order valence-corrected chi connectivity index (χ2v) is 8.27. The van der Waals surface area contributed by atoms with Crippen molar-refractivity contribution in [3.8, 4) is 0 Å². The number of rotatable bonds is 4. The monoisotopic (exact) mass is 293 g/mol. The molecule has 0 saturated heterocycles. The highest BCUT2D eigenvalue weighted by Gasteiger charge is 2.16. The van der Waals surface area contributed by atoms with Crippen LogP contribution in [0.4, 0.5) is 0 Å². The molecular formula is C16H23NS2. The van der Waals surface area contributed by atoms with Crippen LogP contribution in [0.1, 0.15) is 56.6 Å². The minimum Gasteiger partial charge on any atom is -0.304 e. The molecule has 2 rings (SSSR count). The average molecular weight is 294 g/mol. The summed E-state index contributed by atoms with van der Waals surface area (Å²) in [6, 6.07) is 5.44. The van der Waals surface area contributed by atoms with Crippen LogP contribution in [0.5, 0.6) is 0 Å². The van der Waals surface area contributed by atoms with Crippen LogP contribution in [0.15, 0.2) is 12.1 Å². The van der Waals surface area contributed by atoms with Crippen LogP contribution in [0.3, 0.4) is 0 Å². The molecule has 2 aromatic heterocycles. The minimum absolute atomic E-state index is 0.402. The number of hydrogen-bond donors (Lipinski definition) is 1. The normalized spacial score (nSPS) is 14.6. The first-order chi connectivity index (χ1) is 8.88. The standard InChI is InChI=1S/C16H23NS2/c1-9-7-15(13(5)18-9)11(3)17-12(4)16-8-10(2)19-14(16)6/h7-8,11-12,17H,1-6H3. The Morgan fingerprint density at radius 3 is 1.42 bits per heavy atom. The maximum absolute atomic E-state index is 3.73. The molecule has 0 aliphatic heterocycles. The fraction of sp³-hybridized carbons (Fsp3) is 0.500. The molecule has 0 aliphatic carbocycles. The van der Waals surface area contributed by atoms with E-state index < -0.39 is 0 Å². The fourth-order valence-corrected chi connectivity index (χ4v) is 4.76. The number of nitrogens with one attached hydrogen (secondary N) is 1. The van der Waals surface area contributed by atoms with Crippen molar-refractivity contribution < 1.29 is 0 Å². The molecular weight excluding hydrogens is 270 g/mol. The van der Waals surface area contributed by atoms with E-state index in [2.05, 4.69) is 59.0 Å². The summed E-state index contributed by atoms with van der Waals surface area (Å²) < 4.78 is 0. The predicted molar refractivity (Wildman–Crippen MR) is 87.6 cm³/mol. The molecule has 2 heterocycles. The van der Waals surface area contributed by atoms with Gasteiger partial charge in [-0.1, -0.05) is 0 Å². The Hall–Kier alpha value is -0.640. The lowest BCUT2D eigenvalue weighted by Crippen LogP contribution is -2.22. The van der Waals surface area contributed by atoms with Crippen LogP contribution < -0.4 is 5.32 Å². The van der Waals surface area contributed by atoms with Gasteiger partial charge in [-0.15, -0.1) is 22.7 Å². The quantitative estimate of drug-likeness (QED) is 0.789. The molecule has 1 N–H and O–H groups in total.